The van der Waals surface area contributed by atoms with Crippen LogP contribution in [-0.2, 0) is 9.59 Å². The van der Waals surface area contributed by atoms with Crippen molar-refractivity contribution in [3.05, 3.63) is 30.1 Å². The molecule has 0 aliphatic carbocycles. The summed E-state index contributed by atoms with van der Waals surface area (Å²) < 4.78 is 13.2. The lowest BCUT2D eigenvalue weighted by Gasteiger charge is -2.38. The summed E-state index contributed by atoms with van der Waals surface area (Å²) in [4.78, 5) is 25.5. The molecule has 5 heteroatoms. The highest BCUT2D eigenvalue weighted by molar-refractivity contribution is 6.06. The standard InChI is InChI=1S/C14H17FN2O2/c1-14(2,3)12-13(19)17(8-11(18)16-12)10-6-4-5-9(15)7-10/h4-7,12H,8H2,1-3H3,(H,16,18). The van der Waals surface area contributed by atoms with Crippen LogP contribution in [0.25, 0.3) is 0 Å². The Labute approximate surface area is 111 Å². The highest BCUT2D eigenvalue weighted by Crippen LogP contribution is 2.26. The lowest BCUT2D eigenvalue weighted by molar-refractivity contribution is -0.133. The summed E-state index contributed by atoms with van der Waals surface area (Å²) >= 11 is 0. The van der Waals surface area contributed by atoms with E-state index in [1.165, 1.54) is 23.1 Å². The van der Waals surface area contributed by atoms with E-state index in [9.17, 15) is 14.0 Å². The summed E-state index contributed by atoms with van der Waals surface area (Å²) in [6.07, 6.45) is 0. The Hall–Kier alpha value is -1.91. The van der Waals surface area contributed by atoms with Crippen molar-refractivity contribution in [3.63, 3.8) is 0 Å². The van der Waals surface area contributed by atoms with Gasteiger partial charge in [0.1, 0.15) is 18.4 Å². The molecule has 4 nitrogen and oxygen atoms in total. The van der Waals surface area contributed by atoms with E-state index >= 15 is 0 Å². The summed E-state index contributed by atoms with van der Waals surface area (Å²) in [7, 11) is 0. The molecule has 1 heterocycles. The van der Waals surface area contributed by atoms with Crippen LogP contribution in [-0.4, -0.2) is 24.4 Å². The number of nitrogens with zero attached hydrogens (tertiary/aromatic N) is 1. The Balaban J connectivity index is 2.35. The maximum Gasteiger partial charge on any atom is 0.250 e. The molecule has 0 saturated carbocycles. The van der Waals surface area contributed by atoms with E-state index in [1.54, 1.807) is 6.07 Å². The van der Waals surface area contributed by atoms with Gasteiger partial charge in [0.15, 0.2) is 0 Å². The first-order chi connectivity index (χ1) is 8.79. The van der Waals surface area contributed by atoms with Gasteiger partial charge in [-0.25, -0.2) is 4.39 Å². The van der Waals surface area contributed by atoms with Crippen molar-refractivity contribution in [1.29, 1.82) is 0 Å². The minimum absolute atomic E-state index is 0.0745. The first kappa shape index (κ1) is 13.5. The van der Waals surface area contributed by atoms with Gasteiger partial charge in [-0.2, -0.15) is 0 Å². The molecule has 0 aromatic heterocycles. The molecular weight excluding hydrogens is 247 g/mol. The number of hydrogen-bond donors (Lipinski definition) is 1. The van der Waals surface area contributed by atoms with Gasteiger partial charge in [-0.15, -0.1) is 0 Å². The van der Waals surface area contributed by atoms with Crippen molar-refractivity contribution in [3.8, 4) is 0 Å². The number of carbonyl (C=O) groups excluding carboxylic acids is 2. The molecule has 1 atom stereocenters. The molecule has 0 spiro atoms. The van der Waals surface area contributed by atoms with Crippen molar-refractivity contribution in [2.24, 2.45) is 5.41 Å². The maximum atomic E-state index is 13.2. The molecular formula is C14H17FN2O2. The van der Waals surface area contributed by atoms with E-state index in [0.29, 0.717) is 5.69 Å². The van der Waals surface area contributed by atoms with Gasteiger partial charge in [-0.1, -0.05) is 26.8 Å². The Morgan fingerprint density at radius 1 is 1.32 bits per heavy atom. The second-order valence-electron chi connectivity index (χ2n) is 5.77. The Bertz CT molecular complexity index is 522. The van der Waals surface area contributed by atoms with E-state index in [1.807, 2.05) is 20.8 Å². The van der Waals surface area contributed by atoms with Gasteiger partial charge in [0.2, 0.25) is 5.91 Å². The van der Waals surface area contributed by atoms with Crippen LogP contribution in [0.4, 0.5) is 10.1 Å². The fourth-order valence-electron chi connectivity index (χ4n) is 2.10. The third-order valence-electron chi connectivity index (χ3n) is 3.11. The van der Waals surface area contributed by atoms with E-state index < -0.39 is 17.3 Å². The minimum Gasteiger partial charge on any atom is -0.342 e. The van der Waals surface area contributed by atoms with Gasteiger partial charge in [-0.05, 0) is 23.6 Å². The second kappa shape index (κ2) is 4.64. The van der Waals surface area contributed by atoms with Crippen molar-refractivity contribution in [1.82, 2.24) is 5.32 Å². The van der Waals surface area contributed by atoms with E-state index in [4.69, 9.17) is 0 Å². The van der Waals surface area contributed by atoms with Gasteiger partial charge in [0, 0.05) is 5.69 Å². The van der Waals surface area contributed by atoms with Crippen molar-refractivity contribution in [2.45, 2.75) is 26.8 Å². The number of piperazine rings is 1. The quantitative estimate of drug-likeness (QED) is 0.839. The van der Waals surface area contributed by atoms with Crippen LogP contribution in [0.2, 0.25) is 0 Å². The fourth-order valence-corrected chi connectivity index (χ4v) is 2.10. The molecule has 1 aromatic rings. The Morgan fingerprint density at radius 2 is 2.00 bits per heavy atom. The van der Waals surface area contributed by atoms with Gasteiger partial charge < -0.3 is 10.2 Å². The number of carbonyl (C=O) groups is 2. The minimum atomic E-state index is -0.600. The van der Waals surface area contributed by atoms with Crippen LogP contribution in [0.5, 0.6) is 0 Å². The Morgan fingerprint density at radius 3 is 2.58 bits per heavy atom. The summed E-state index contributed by atoms with van der Waals surface area (Å²) in [6, 6.07) is 5.11. The highest BCUT2D eigenvalue weighted by Gasteiger charge is 2.40. The van der Waals surface area contributed by atoms with Gasteiger partial charge in [0.05, 0.1) is 0 Å². The first-order valence-electron chi connectivity index (χ1n) is 6.15. The molecule has 1 aliphatic rings. The van der Waals surface area contributed by atoms with Crippen LogP contribution in [0.1, 0.15) is 20.8 Å². The van der Waals surface area contributed by atoms with Crippen LogP contribution in [0.3, 0.4) is 0 Å². The zero-order valence-electron chi connectivity index (χ0n) is 11.2. The topological polar surface area (TPSA) is 49.4 Å². The molecule has 1 aliphatic heterocycles. The third kappa shape index (κ3) is 2.75. The van der Waals surface area contributed by atoms with Gasteiger partial charge in [0.25, 0.3) is 5.91 Å². The van der Waals surface area contributed by atoms with E-state index in [-0.39, 0.29) is 18.4 Å². The number of nitrogens with one attached hydrogen (secondary N) is 1. The molecule has 102 valence electrons. The monoisotopic (exact) mass is 264 g/mol. The normalized spacial score (nSPS) is 20.4. The first-order valence-corrected chi connectivity index (χ1v) is 6.15. The average Bonchev–Trinajstić information content (AvgIpc) is 2.30. The summed E-state index contributed by atoms with van der Waals surface area (Å²) in [5, 5.41) is 2.70. The molecule has 2 amide bonds. The number of benzene rings is 1. The predicted molar refractivity (Wildman–Crippen MR) is 70.1 cm³/mol. The third-order valence-corrected chi connectivity index (χ3v) is 3.11. The van der Waals surface area contributed by atoms with Crippen molar-refractivity contribution in [2.75, 3.05) is 11.4 Å². The van der Waals surface area contributed by atoms with Crippen LogP contribution >= 0.6 is 0 Å². The number of hydrogen-bond acceptors (Lipinski definition) is 2. The van der Waals surface area contributed by atoms with Crippen molar-refractivity contribution < 1.29 is 14.0 Å². The lowest BCUT2D eigenvalue weighted by atomic mass is 9.84. The molecule has 2 rings (SSSR count). The zero-order valence-corrected chi connectivity index (χ0v) is 11.2. The molecule has 1 fully saturated rings. The summed E-state index contributed by atoms with van der Waals surface area (Å²) in [6.45, 7) is 5.57. The number of rotatable bonds is 1. The number of halogens is 1. The smallest absolute Gasteiger partial charge is 0.250 e. The zero-order chi connectivity index (χ0) is 14.2. The molecule has 1 unspecified atom stereocenters. The van der Waals surface area contributed by atoms with Crippen LogP contribution in [0, 0.1) is 11.2 Å². The van der Waals surface area contributed by atoms with E-state index in [0.717, 1.165) is 0 Å². The fraction of sp³-hybridized carbons (Fsp3) is 0.429. The number of anilines is 1. The van der Waals surface area contributed by atoms with E-state index in [2.05, 4.69) is 5.32 Å². The molecule has 19 heavy (non-hydrogen) atoms. The second-order valence-corrected chi connectivity index (χ2v) is 5.77. The predicted octanol–water partition coefficient (Wildman–Crippen LogP) is 1.70. The largest absolute Gasteiger partial charge is 0.342 e. The van der Waals surface area contributed by atoms with Gasteiger partial charge >= 0.3 is 0 Å². The van der Waals surface area contributed by atoms with Crippen LogP contribution in [0.15, 0.2) is 24.3 Å². The molecule has 0 bridgehead atoms. The lowest BCUT2D eigenvalue weighted by Crippen LogP contribution is -2.62. The molecule has 1 aromatic carbocycles. The van der Waals surface area contributed by atoms with Crippen LogP contribution < -0.4 is 10.2 Å². The average molecular weight is 264 g/mol. The SMILES string of the molecule is CC(C)(C)C1NC(=O)CN(c2cccc(F)c2)C1=O. The van der Waals surface area contributed by atoms with Gasteiger partial charge in [-0.3, -0.25) is 9.59 Å². The maximum absolute atomic E-state index is 13.2. The summed E-state index contributed by atoms with van der Waals surface area (Å²) in [5.41, 5.74) is 0.0211. The summed E-state index contributed by atoms with van der Waals surface area (Å²) in [5.74, 6) is -0.870. The highest BCUT2D eigenvalue weighted by atomic mass is 19.1. The number of amides is 2. The molecule has 1 N–H and O–H groups in total. The molecule has 1 saturated heterocycles. The molecule has 0 radical (unpaired) electrons. The van der Waals surface area contributed by atoms with Crippen molar-refractivity contribution >= 4 is 17.5 Å². The Kier molecular flexibility index (Phi) is 3.30.